The highest BCUT2D eigenvalue weighted by atomic mass is 32.1. The first-order valence-corrected chi connectivity index (χ1v) is 8.82. The van der Waals surface area contributed by atoms with Crippen LogP contribution in [0.4, 0.5) is 0 Å². The lowest BCUT2D eigenvalue weighted by Crippen LogP contribution is -2.45. The normalized spacial score (nSPS) is 11.4. The molecule has 7 heteroatoms. The van der Waals surface area contributed by atoms with Crippen molar-refractivity contribution in [2.75, 3.05) is 26.4 Å². The summed E-state index contributed by atoms with van der Waals surface area (Å²) in [5.41, 5.74) is 0. The van der Waals surface area contributed by atoms with Gasteiger partial charge in [-0.05, 0) is 27.2 Å². The number of carbonyl (C=O) groups is 1. The smallest absolute Gasteiger partial charge is 0.463 e. The van der Waals surface area contributed by atoms with E-state index in [2.05, 4.69) is 0 Å². The molecule has 0 heterocycles. The van der Waals surface area contributed by atoms with Gasteiger partial charge < -0.3 is 18.0 Å². The largest absolute Gasteiger partial charge is 0.504 e. The fourth-order valence-electron chi connectivity index (χ4n) is 1.51. The third-order valence-electron chi connectivity index (χ3n) is 2.16. The number of rotatable bonds is 11. The minimum absolute atomic E-state index is 0. The number of allylic oxidation sites excluding steroid dienone is 1. The highest BCUT2D eigenvalue weighted by molar-refractivity contribution is 7.59. The molecule has 0 unspecified atom stereocenters. The van der Waals surface area contributed by atoms with Crippen molar-refractivity contribution in [3.05, 3.63) is 12.2 Å². The lowest BCUT2D eigenvalue weighted by Gasteiger charge is -2.27. The lowest BCUT2D eigenvalue weighted by molar-refractivity contribution is -0.137. The van der Waals surface area contributed by atoms with Gasteiger partial charge in [0.25, 0.3) is 0 Å². The summed E-state index contributed by atoms with van der Waals surface area (Å²) in [4.78, 5) is 11.3. The Labute approximate surface area is 130 Å². The summed E-state index contributed by atoms with van der Waals surface area (Å²) in [5.74, 6) is -0.339. The van der Waals surface area contributed by atoms with E-state index in [-0.39, 0.29) is 19.5 Å². The van der Waals surface area contributed by atoms with Gasteiger partial charge in [0.05, 0.1) is 6.61 Å². The highest BCUT2D eigenvalue weighted by Crippen LogP contribution is 2.16. The molecule has 0 fully saturated rings. The minimum Gasteiger partial charge on any atom is -0.463 e. The molecule has 0 atom stereocenters. The first kappa shape index (κ1) is 21.9. The van der Waals surface area contributed by atoms with Crippen LogP contribution >= 0.6 is 13.5 Å². The summed E-state index contributed by atoms with van der Waals surface area (Å²) in [6.45, 7) is 9.68. The molecule has 0 aliphatic rings. The number of carbonyl (C=O) groups excluding carboxylic acids is 1. The van der Waals surface area contributed by atoms with E-state index >= 15 is 0 Å². The van der Waals surface area contributed by atoms with E-state index in [9.17, 15) is 4.79 Å². The Morgan fingerprint density at radius 1 is 1.00 bits per heavy atom. The molecule has 0 rings (SSSR count). The zero-order valence-corrected chi connectivity index (χ0v) is 14.9. The van der Waals surface area contributed by atoms with Crippen LogP contribution in [0.3, 0.4) is 0 Å². The van der Waals surface area contributed by atoms with Crippen LogP contribution in [0.2, 0.25) is 6.04 Å². The Bertz CT molecular complexity index is 256. The summed E-state index contributed by atoms with van der Waals surface area (Å²) in [6, 6.07) is 0.476. The molecular weight excluding hydrogens is 296 g/mol. The Kier molecular flexibility index (Phi) is 15.0. The second kappa shape index (κ2) is 13.6. The maximum absolute atomic E-state index is 11.3. The van der Waals surface area contributed by atoms with Gasteiger partial charge in [-0.3, -0.25) is 0 Å². The third-order valence-corrected chi connectivity index (χ3v) is 5.08. The van der Waals surface area contributed by atoms with Crippen LogP contribution < -0.4 is 0 Å². The van der Waals surface area contributed by atoms with Crippen LogP contribution in [0.15, 0.2) is 12.2 Å². The molecule has 0 spiro atoms. The van der Waals surface area contributed by atoms with Crippen molar-refractivity contribution in [1.29, 1.82) is 0 Å². The average Bonchev–Trinajstić information content (AvgIpc) is 2.37. The maximum Gasteiger partial charge on any atom is 0.504 e. The molecule has 0 N–H and O–H groups in total. The second-order valence-electron chi connectivity index (χ2n) is 3.76. The highest BCUT2D eigenvalue weighted by Gasteiger charge is 2.38. The molecule has 0 radical (unpaired) electrons. The van der Waals surface area contributed by atoms with E-state index < -0.39 is 8.80 Å². The van der Waals surface area contributed by atoms with Gasteiger partial charge in [-0.25, -0.2) is 4.79 Å². The van der Waals surface area contributed by atoms with Crippen LogP contribution in [0, 0.1) is 0 Å². The molecule has 0 saturated carbocycles. The molecule has 0 aliphatic carbocycles. The minimum atomic E-state index is -2.69. The van der Waals surface area contributed by atoms with Gasteiger partial charge in [0.2, 0.25) is 0 Å². The Hall–Kier alpha value is -0.343. The summed E-state index contributed by atoms with van der Waals surface area (Å²) >= 11 is 0. The Morgan fingerprint density at radius 2 is 1.50 bits per heavy atom. The Balaban J connectivity index is 0. The second-order valence-corrected chi connectivity index (χ2v) is 6.40. The quantitative estimate of drug-likeness (QED) is 0.332. The molecule has 0 aromatic carbocycles. The summed E-state index contributed by atoms with van der Waals surface area (Å²) in [5, 5.41) is 0. The molecule has 0 saturated heterocycles. The van der Waals surface area contributed by atoms with E-state index in [0.717, 1.165) is 6.42 Å². The van der Waals surface area contributed by atoms with Gasteiger partial charge >= 0.3 is 14.8 Å². The molecule has 5 nitrogen and oxygen atoms in total. The van der Waals surface area contributed by atoms with E-state index in [1.54, 1.807) is 6.08 Å². The van der Waals surface area contributed by atoms with Crippen molar-refractivity contribution >= 4 is 28.3 Å². The zero-order valence-electron chi connectivity index (χ0n) is 12.9. The zero-order chi connectivity index (χ0) is 14.6. The van der Waals surface area contributed by atoms with Crippen molar-refractivity contribution in [1.82, 2.24) is 0 Å². The topological polar surface area (TPSA) is 54.0 Å². The first-order chi connectivity index (χ1) is 9.14. The van der Waals surface area contributed by atoms with Crippen LogP contribution in [0.25, 0.3) is 0 Å². The summed E-state index contributed by atoms with van der Waals surface area (Å²) in [6.07, 6.45) is 3.94. The van der Waals surface area contributed by atoms with Crippen LogP contribution in [-0.4, -0.2) is 41.2 Å². The number of hydrogen-bond acceptors (Lipinski definition) is 5. The first-order valence-electron chi connectivity index (χ1n) is 6.89. The molecule has 20 heavy (non-hydrogen) atoms. The van der Waals surface area contributed by atoms with Crippen LogP contribution in [0.5, 0.6) is 0 Å². The van der Waals surface area contributed by atoms with Crippen molar-refractivity contribution in [2.45, 2.75) is 40.2 Å². The summed E-state index contributed by atoms with van der Waals surface area (Å²) in [7, 11) is -2.69. The van der Waals surface area contributed by atoms with Gasteiger partial charge in [0.15, 0.2) is 0 Å². The molecule has 120 valence electrons. The van der Waals surface area contributed by atoms with E-state index in [4.69, 9.17) is 18.0 Å². The summed E-state index contributed by atoms with van der Waals surface area (Å²) < 4.78 is 21.9. The monoisotopic (exact) mass is 324 g/mol. The molecule has 0 aromatic rings. The van der Waals surface area contributed by atoms with Gasteiger partial charge in [-0.2, -0.15) is 13.5 Å². The van der Waals surface area contributed by atoms with Crippen molar-refractivity contribution < 1.29 is 22.8 Å². The van der Waals surface area contributed by atoms with E-state index in [1.165, 1.54) is 6.08 Å². The predicted octanol–water partition coefficient (Wildman–Crippen LogP) is 2.66. The number of esters is 1. The maximum atomic E-state index is 11.3. The lowest BCUT2D eigenvalue weighted by atomic mass is 10.5. The van der Waals surface area contributed by atoms with Gasteiger partial charge in [-0.1, -0.05) is 13.0 Å². The fourth-order valence-corrected chi connectivity index (χ4v) is 3.84. The van der Waals surface area contributed by atoms with Crippen molar-refractivity contribution in [3.63, 3.8) is 0 Å². The van der Waals surface area contributed by atoms with Gasteiger partial charge in [-0.15, -0.1) is 0 Å². The van der Waals surface area contributed by atoms with Crippen LogP contribution in [0.1, 0.15) is 34.1 Å². The molecule has 0 aliphatic heterocycles. The standard InChI is InChI=1S/C13H26O5Si.H2S/c1-5-11-15-13(14)10-9-12-19(16-6-2,17-7-3)18-8-4;/h9-10H,5-8,11-12H2,1-4H3;1H2. The Morgan fingerprint density at radius 3 is 1.90 bits per heavy atom. The third kappa shape index (κ3) is 9.54. The molecule has 0 amide bonds. The average molecular weight is 325 g/mol. The number of ether oxygens (including phenoxy) is 1. The van der Waals surface area contributed by atoms with Crippen molar-refractivity contribution in [3.8, 4) is 0 Å². The number of hydrogen-bond donors (Lipinski definition) is 0. The van der Waals surface area contributed by atoms with E-state index in [0.29, 0.717) is 32.5 Å². The SMILES string of the molecule is CCCOC(=O)C=CC[Si](OCC)(OCC)OCC.S. The molecular formula is C13H28O5SSi. The van der Waals surface area contributed by atoms with Gasteiger partial charge in [0, 0.05) is 31.9 Å². The van der Waals surface area contributed by atoms with E-state index in [1.807, 2.05) is 27.7 Å². The fraction of sp³-hybridized carbons (Fsp3) is 0.769. The van der Waals surface area contributed by atoms with Crippen LogP contribution in [-0.2, 0) is 22.8 Å². The molecule has 0 aromatic heterocycles. The van der Waals surface area contributed by atoms with Gasteiger partial charge in [0.1, 0.15) is 0 Å². The van der Waals surface area contributed by atoms with Crippen molar-refractivity contribution in [2.24, 2.45) is 0 Å². The predicted molar refractivity (Wildman–Crippen MR) is 86.2 cm³/mol. The molecule has 0 bridgehead atoms.